The molecule has 176 valence electrons. The number of benzene rings is 1. The molecule has 33 heavy (non-hydrogen) atoms. The van der Waals surface area contributed by atoms with E-state index in [4.69, 9.17) is 9.47 Å². The molecule has 1 aromatic carbocycles. The van der Waals surface area contributed by atoms with Crippen molar-refractivity contribution in [3.63, 3.8) is 0 Å². The SMILES string of the molecule is C=CCn1c(SCC(=O)CC(=O)OCC)nc2cc(C(=O)NC[C@@H]3CCCO3)ccc2c1=O. The quantitative estimate of drug-likeness (QED) is 0.173. The van der Waals surface area contributed by atoms with Crippen molar-refractivity contribution in [2.24, 2.45) is 0 Å². The number of rotatable bonds is 11. The fourth-order valence-electron chi connectivity index (χ4n) is 3.43. The Morgan fingerprint density at radius 3 is 2.91 bits per heavy atom. The highest BCUT2D eigenvalue weighted by atomic mass is 32.2. The Hall–Kier alpha value is -2.98. The molecule has 1 atom stereocenters. The number of hydrogen-bond acceptors (Lipinski definition) is 8. The number of allylic oxidation sites excluding steroid dienone is 1. The van der Waals surface area contributed by atoms with Gasteiger partial charge >= 0.3 is 5.97 Å². The maximum atomic E-state index is 13.0. The number of carbonyl (C=O) groups is 3. The molecule has 1 saturated heterocycles. The van der Waals surface area contributed by atoms with Gasteiger partial charge < -0.3 is 14.8 Å². The molecule has 1 amide bonds. The zero-order valence-corrected chi connectivity index (χ0v) is 19.3. The summed E-state index contributed by atoms with van der Waals surface area (Å²) >= 11 is 1.06. The Labute approximate surface area is 195 Å². The van der Waals surface area contributed by atoms with E-state index in [1.54, 1.807) is 31.2 Å². The summed E-state index contributed by atoms with van der Waals surface area (Å²) in [4.78, 5) is 53.8. The fraction of sp³-hybridized carbons (Fsp3) is 0.435. The zero-order chi connectivity index (χ0) is 23.8. The first-order chi connectivity index (χ1) is 15.9. The van der Waals surface area contributed by atoms with Gasteiger partial charge in [0.25, 0.3) is 11.5 Å². The normalized spacial score (nSPS) is 15.4. The van der Waals surface area contributed by atoms with Crippen molar-refractivity contribution in [2.45, 2.75) is 44.0 Å². The molecule has 1 aromatic heterocycles. The third kappa shape index (κ3) is 6.52. The van der Waals surface area contributed by atoms with E-state index in [0.29, 0.717) is 34.8 Å². The molecule has 9 nitrogen and oxygen atoms in total. The van der Waals surface area contributed by atoms with Gasteiger partial charge in [-0.15, -0.1) is 6.58 Å². The van der Waals surface area contributed by atoms with Crippen molar-refractivity contribution in [1.29, 1.82) is 0 Å². The van der Waals surface area contributed by atoms with Crippen LogP contribution in [0.2, 0.25) is 0 Å². The number of ether oxygens (including phenoxy) is 2. The minimum atomic E-state index is -0.586. The van der Waals surface area contributed by atoms with Crippen LogP contribution in [0.25, 0.3) is 10.9 Å². The van der Waals surface area contributed by atoms with E-state index in [-0.39, 0.29) is 48.7 Å². The molecule has 3 rings (SSSR count). The Balaban J connectivity index is 1.80. The van der Waals surface area contributed by atoms with E-state index in [1.807, 2.05) is 0 Å². The molecule has 1 fully saturated rings. The van der Waals surface area contributed by atoms with Gasteiger partial charge in [0.2, 0.25) is 0 Å². The molecule has 1 N–H and O–H groups in total. The fourth-order valence-corrected chi connectivity index (χ4v) is 4.29. The number of fused-ring (bicyclic) bond motifs is 1. The van der Waals surface area contributed by atoms with Crippen molar-refractivity contribution in [3.8, 4) is 0 Å². The van der Waals surface area contributed by atoms with Gasteiger partial charge in [0.05, 0.1) is 29.4 Å². The van der Waals surface area contributed by atoms with Gasteiger partial charge in [0.1, 0.15) is 6.42 Å². The molecule has 1 aliphatic heterocycles. The van der Waals surface area contributed by atoms with Crippen LogP contribution in [0.1, 0.15) is 36.5 Å². The lowest BCUT2D eigenvalue weighted by Gasteiger charge is -2.13. The smallest absolute Gasteiger partial charge is 0.313 e. The van der Waals surface area contributed by atoms with Crippen LogP contribution in [-0.2, 0) is 25.6 Å². The number of aromatic nitrogens is 2. The number of hydrogen-bond donors (Lipinski definition) is 1. The van der Waals surface area contributed by atoms with Crippen molar-refractivity contribution in [1.82, 2.24) is 14.9 Å². The molecular weight excluding hydrogens is 446 g/mol. The average molecular weight is 474 g/mol. The van der Waals surface area contributed by atoms with Crippen LogP contribution in [0, 0.1) is 0 Å². The molecule has 0 aliphatic carbocycles. The van der Waals surface area contributed by atoms with Gasteiger partial charge in [-0.2, -0.15) is 0 Å². The van der Waals surface area contributed by atoms with Gasteiger partial charge in [-0.3, -0.25) is 23.7 Å². The number of ketones is 1. The van der Waals surface area contributed by atoms with E-state index in [1.165, 1.54) is 4.57 Å². The van der Waals surface area contributed by atoms with E-state index in [9.17, 15) is 19.2 Å². The molecule has 2 heterocycles. The molecule has 0 spiro atoms. The van der Waals surface area contributed by atoms with E-state index >= 15 is 0 Å². The molecule has 2 aromatic rings. The molecule has 0 saturated carbocycles. The number of Topliss-reactive ketones (excluding diaryl/α,β-unsaturated/α-hetero) is 1. The van der Waals surface area contributed by atoms with Gasteiger partial charge in [0.15, 0.2) is 10.9 Å². The lowest BCUT2D eigenvalue weighted by molar-refractivity contribution is -0.145. The summed E-state index contributed by atoms with van der Waals surface area (Å²) in [7, 11) is 0. The van der Waals surface area contributed by atoms with E-state index < -0.39 is 5.97 Å². The number of nitrogens with zero attached hydrogens (tertiary/aromatic N) is 2. The van der Waals surface area contributed by atoms with Crippen LogP contribution in [0.3, 0.4) is 0 Å². The number of esters is 1. The lowest BCUT2D eigenvalue weighted by Crippen LogP contribution is -2.31. The maximum absolute atomic E-state index is 13.0. The molecule has 0 unspecified atom stereocenters. The minimum Gasteiger partial charge on any atom is -0.466 e. The third-order valence-electron chi connectivity index (χ3n) is 5.02. The second-order valence-corrected chi connectivity index (χ2v) is 8.43. The van der Waals surface area contributed by atoms with Crippen LogP contribution in [0.4, 0.5) is 0 Å². The van der Waals surface area contributed by atoms with E-state index in [2.05, 4.69) is 16.9 Å². The summed E-state index contributed by atoms with van der Waals surface area (Å²) in [5.41, 5.74) is 0.431. The standard InChI is InChI=1S/C23H27N3O6S/c1-3-9-26-22(30)18-8-7-15(21(29)24-13-17-6-5-10-32-17)11-19(18)25-23(26)33-14-16(27)12-20(28)31-4-2/h3,7-8,11,17H,1,4-6,9-10,12-14H2,2H3,(H,24,29)/t17-/m0/s1. The van der Waals surface area contributed by atoms with Crippen LogP contribution < -0.4 is 10.9 Å². The second kappa shape index (κ2) is 11.8. The van der Waals surface area contributed by atoms with E-state index in [0.717, 1.165) is 24.6 Å². The topological polar surface area (TPSA) is 117 Å². The van der Waals surface area contributed by atoms with Gasteiger partial charge in [0, 0.05) is 25.3 Å². The summed E-state index contributed by atoms with van der Waals surface area (Å²) in [6.07, 6.45) is 3.15. The molecular formula is C23H27N3O6S. The first kappa shape index (κ1) is 24.7. The molecule has 0 radical (unpaired) electrons. The number of nitrogens with one attached hydrogen (secondary N) is 1. The summed E-state index contributed by atoms with van der Waals surface area (Å²) in [5, 5.41) is 3.52. The summed E-state index contributed by atoms with van der Waals surface area (Å²) in [6, 6.07) is 4.72. The largest absolute Gasteiger partial charge is 0.466 e. The predicted molar refractivity (Wildman–Crippen MR) is 124 cm³/mol. The maximum Gasteiger partial charge on any atom is 0.313 e. The third-order valence-corrected chi connectivity index (χ3v) is 6.05. The van der Waals surface area contributed by atoms with Crippen molar-refractivity contribution < 1.29 is 23.9 Å². The van der Waals surface area contributed by atoms with Crippen LogP contribution >= 0.6 is 11.8 Å². The second-order valence-electron chi connectivity index (χ2n) is 7.48. The van der Waals surface area contributed by atoms with Crippen LogP contribution in [0.15, 0.2) is 40.8 Å². The average Bonchev–Trinajstić information content (AvgIpc) is 3.31. The highest BCUT2D eigenvalue weighted by molar-refractivity contribution is 7.99. The Morgan fingerprint density at radius 1 is 1.39 bits per heavy atom. The first-order valence-electron chi connectivity index (χ1n) is 10.8. The lowest BCUT2D eigenvalue weighted by atomic mass is 10.1. The highest BCUT2D eigenvalue weighted by Gasteiger charge is 2.18. The van der Waals surface area contributed by atoms with Crippen molar-refractivity contribution in [3.05, 3.63) is 46.8 Å². The van der Waals surface area contributed by atoms with Gasteiger partial charge in [-0.1, -0.05) is 17.8 Å². The first-order valence-corrected chi connectivity index (χ1v) is 11.8. The minimum absolute atomic E-state index is 0.0220. The zero-order valence-electron chi connectivity index (χ0n) is 18.5. The van der Waals surface area contributed by atoms with Crippen molar-refractivity contribution in [2.75, 3.05) is 25.5 Å². The van der Waals surface area contributed by atoms with Crippen LogP contribution in [0.5, 0.6) is 0 Å². The molecule has 10 heteroatoms. The van der Waals surface area contributed by atoms with Crippen LogP contribution in [-0.4, -0.2) is 58.8 Å². The predicted octanol–water partition coefficient (Wildman–Crippen LogP) is 2.11. The summed E-state index contributed by atoms with van der Waals surface area (Å²) in [5.74, 6) is -1.24. The van der Waals surface area contributed by atoms with Crippen molar-refractivity contribution >= 4 is 40.3 Å². The Morgan fingerprint density at radius 2 is 2.21 bits per heavy atom. The Bertz CT molecular complexity index is 1110. The number of carbonyl (C=O) groups excluding carboxylic acids is 3. The van der Waals surface area contributed by atoms with Gasteiger partial charge in [-0.25, -0.2) is 4.98 Å². The number of amides is 1. The highest BCUT2D eigenvalue weighted by Crippen LogP contribution is 2.20. The monoisotopic (exact) mass is 473 g/mol. The number of thioether (sulfide) groups is 1. The molecule has 0 bridgehead atoms. The molecule has 1 aliphatic rings. The van der Waals surface area contributed by atoms with Gasteiger partial charge in [-0.05, 0) is 38.0 Å². The summed E-state index contributed by atoms with van der Waals surface area (Å²) in [6.45, 7) is 6.89. The summed E-state index contributed by atoms with van der Waals surface area (Å²) < 4.78 is 11.7. The Kier molecular flexibility index (Phi) is 8.79.